The van der Waals surface area contributed by atoms with Gasteiger partial charge in [0.25, 0.3) is 0 Å². The summed E-state index contributed by atoms with van der Waals surface area (Å²) in [4.78, 5) is 13.9. The predicted molar refractivity (Wildman–Crippen MR) is 62.5 cm³/mol. The average molecular weight is 262 g/mol. The second kappa shape index (κ2) is 4.21. The molecule has 0 radical (unpaired) electrons. The second-order valence-electron chi connectivity index (χ2n) is 5.32. The fourth-order valence-electron chi connectivity index (χ4n) is 1.76. The van der Waals surface area contributed by atoms with Crippen LogP contribution in [0.2, 0.25) is 0 Å². The minimum Gasteiger partial charge on any atom is -0.341 e. The molecule has 1 unspecified atom stereocenters. The first-order chi connectivity index (χ1) is 6.33. The molecule has 1 rings (SSSR count). The van der Waals surface area contributed by atoms with Crippen molar-refractivity contribution in [3.8, 4) is 0 Å². The van der Waals surface area contributed by atoms with E-state index in [2.05, 4.69) is 43.6 Å². The van der Waals surface area contributed by atoms with E-state index in [0.717, 1.165) is 19.5 Å². The van der Waals surface area contributed by atoms with E-state index in [4.69, 9.17) is 0 Å². The standard InChI is InChI=1S/C11H20BrNO/c1-8(2)9(12)10(14)13-6-5-11(3,4)7-13/h8-9H,5-7H2,1-4H3. The largest absolute Gasteiger partial charge is 0.341 e. The van der Waals surface area contributed by atoms with E-state index < -0.39 is 0 Å². The SMILES string of the molecule is CC(C)C(Br)C(=O)N1CCC(C)(C)C1. The van der Waals surface area contributed by atoms with Crippen LogP contribution in [-0.2, 0) is 4.79 Å². The molecule has 0 aromatic heterocycles. The van der Waals surface area contributed by atoms with E-state index in [1.807, 2.05) is 4.90 Å². The van der Waals surface area contributed by atoms with Crippen molar-refractivity contribution in [2.24, 2.45) is 11.3 Å². The molecule has 0 saturated carbocycles. The minimum absolute atomic E-state index is 0.0172. The number of likely N-dealkylation sites (tertiary alicyclic amines) is 1. The topological polar surface area (TPSA) is 20.3 Å². The minimum atomic E-state index is -0.0172. The summed E-state index contributed by atoms with van der Waals surface area (Å²) in [6.45, 7) is 10.4. The highest BCUT2D eigenvalue weighted by molar-refractivity contribution is 9.10. The molecule has 0 spiro atoms. The van der Waals surface area contributed by atoms with Crippen LogP contribution < -0.4 is 0 Å². The number of alkyl halides is 1. The van der Waals surface area contributed by atoms with Crippen LogP contribution >= 0.6 is 15.9 Å². The summed E-state index contributed by atoms with van der Waals surface area (Å²) in [5.41, 5.74) is 0.305. The molecule has 1 aliphatic heterocycles. The quantitative estimate of drug-likeness (QED) is 0.700. The van der Waals surface area contributed by atoms with Gasteiger partial charge in [0.05, 0.1) is 4.83 Å². The van der Waals surface area contributed by atoms with Crippen molar-refractivity contribution in [2.75, 3.05) is 13.1 Å². The van der Waals surface area contributed by atoms with Crippen LogP contribution in [0.25, 0.3) is 0 Å². The third kappa shape index (κ3) is 2.72. The van der Waals surface area contributed by atoms with Gasteiger partial charge in [-0.25, -0.2) is 0 Å². The molecule has 1 atom stereocenters. The van der Waals surface area contributed by atoms with E-state index >= 15 is 0 Å². The lowest BCUT2D eigenvalue weighted by Crippen LogP contribution is -2.37. The molecule has 14 heavy (non-hydrogen) atoms. The maximum absolute atomic E-state index is 12.0. The fourth-order valence-corrected chi connectivity index (χ4v) is 2.05. The summed E-state index contributed by atoms with van der Waals surface area (Å²) in [5.74, 6) is 0.622. The van der Waals surface area contributed by atoms with Crippen molar-refractivity contribution in [3.63, 3.8) is 0 Å². The lowest BCUT2D eigenvalue weighted by atomic mass is 9.93. The molecule has 2 nitrogen and oxygen atoms in total. The van der Waals surface area contributed by atoms with Gasteiger partial charge in [0.2, 0.25) is 5.91 Å². The number of halogens is 1. The lowest BCUT2D eigenvalue weighted by molar-refractivity contribution is -0.130. The normalized spacial score (nSPS) is 22.9. The molecule has 1 aliphatic rings. The van der Waals surface area contributed by atoms with Crippen LogP contribution in [0.3, 0.4) is 0 Å². The third-order valence-corrected chi connectivity index (χ3v) is 4.26. The Morgan fingerprint density at radius 2 is 2.00 bits per heavy atom. The van der Waals surface area contributed by atoms with Gasteiger partial charge < -0.3 is 4.90 Å². The monoisotopic (exact) mass is 261 g/mol. The van der Waals surface area contributed by atoms with Gasteiger partial charge in [-0.3, -0.25) is 4.79 Å². The van der Waals surface area contributed by atoms with Crippen molar-refractivity contribution < 1.29 is 4.79 Å². The van der Waals surface area contributed by atoms with E-state index in [-0.39, 0.29) is 10.7 Å². The number of carbonyl (C=O) groups is 1. The van der Waals surface area contributed by atoms with Crippen molar-refractivity contribution in [1.82, 2.24) is 4.90 Å². The summed E-state index contributed by atoms with van der Waals surface area (Å²) in [6.07, 6.45) is 1.12. The maximum atomic E-state index is 12.0. The summed E-state index contributed by atoms with van der Waals surface area (Å²) in [5, 5.41) is 0. The Bertz CT molecular complexity index is 225. The Kier molecular flexibility index (Phi) is 3.62. The molecule has 0 aromatic carbocycles. The molecule has 0 aromatic rings. The molecule has 1 amide bonds. The Morgan fingerprint density at radius 1 is 1.43 bits per heavy atom. The summed E-state index contributed by atoms with van der Waals surface area (Å²) in [7, 11) is 0. The van der Waals surface area contributed by atoms with Gasteiger partial charge in [-0.05, 0) is 17.8 Å². The Balaban J connectivity index is 2.56. The Hall–Kier alpha value is -0.0500. The second-order valence-corrected chi connectivity index (χ2v) is 6.31. The van der Waals surface area contributed by atoms with Gasteiger partial charge >= 0.3 is 0 Å². The van der Waals surface area contributed by atoms with Gasteiger partial charge in [-0.15, -0.1) is 0 Å². The summed E-state index contributed by atoms with van der Waals surface area (Å²) >= 11 is 3.46. The van der Waals surface area contributed by atoms with Gasteiger partial charge in [0, 0.05) is 13.1 Å². The molecule has 0 N–H and O–H groups in total. The van der Waals surface area contributed by atoms with Crippen molar-refractivity contribution in [3.05, 3.63) is 0 Å². The molecule has 3 heteroatoms. The average Bonchev–Trinajstić information content (AvgIpc) is 2.43. The smallest absolute Gasteiger partial charge is 0.236 e. The number of nitrogens with zero attached hydrogens (tertiary/aromatic N) is 1. The maximum Gasteiger partial charge on any atom is 0.236 e. The fraction of sp³-hybridized carbons (Fsp3) is 0.909. The van der Waals surface area contributed by atoms with Crippen LogP contribution in [0.1, 0.15) is 34.1 Å². The highest BCUT2D eigenvalue weighted by atomic mass is 79.9. The van der Waals surface area contributed by atoms with Gasteiger partial charge in [0.1, 0.15) is 0 Å². The van der Waals surface area contributed by atoms with Crippen LogP contribution in [0.4, 0.5) is 0 Å². The van der Waals surface area contributed by atoms with Crippen LogP contribution in [-0.4, -0.2) is 28.7 Å². The number of hydrogen-bond donors (Lipinski definition) is 0. The Morgan fingerprint density at radius 3 is 2.36 bits per heavy atom. The van der Waals surface area contributed by atoms with Crippen LogP contribution in [0.15, 0.2) is 0 Å². The molecule has 0 bridgehead atoms. The highest BCUT2D eigenvalue weighted by Crippen LogP contribution is 2.30. The molecule has 1 heterocycles. The predicted octanol–water partition coefficient (Wildman–Crippen LogP) is 2.66. The molecular weight excluding hydrogens is 242 g/mol. The molecule has 0 aliphatic carbocycles. The highest BCUT2D eigenvalue weighted by Gasteiger charge is 2.34. The van der Waals surface area contributed by atoms with Crippen molar-refractivity contribution >= 4 is 21.8 Å². The summed E-state index contributed by atoms with van der Waals surface area (Å²) < 4.78 is 0. The van der Waals surface area contributed by atoms with Crippen LogP contribution in [0, 0.1) is 11.3 Å². The van der Waals surface area contributed by atoms with E-state index in [1.54, 1.807) is 0 Å². The first-order valence-electron chi connectivity index (χ1n) is 5.26. The number of rotatable bonds is 2. The molecule has 1 saturated heterocycles. The number of amides is 1. The first-order valence-corrected chi connectivity index (χ1v) is 6.18. The zero-order chi connectivity index (χ0) is 10.9. The number of hydrogen-bond acceptors (Lipinski definition) is 1. The van der Waals surface area contributed by atoms with Gasteiger partial charge in [-0.1, -0.05) is 43.6 Å². The molecule has 82 valence electrons. The third-order valence-electron chi connectivity index (χ3n) is 2.81. The van der Waals surface area contributed by atoms with E-state index in [1.165, 1.54) is 0 Å². The first kappa shape index (κ1) is 12.0. The van der Waals surface area contributed by atoms with Gasteiger partial charge in [0.15, 0.2) is 0 Å². The molecule has 1 fully saturated rings. The zero-order valence-corrected chi connectivity index (χ0v) is 11.1. The van der Waals surface area contributed by atoms with Gasteiger partial charge in [-0.2, -0.15) is 0 Å². The summed E-state index contributed by atoms with van der Waals surface area (Å²) in [6, 6.07) is 0. The lowest BCUT2D eigenvalue weighted by Gasteiger charge is -2.23. The van der Waals surface area contributed by atoms with Crippen molar-refractivity contribution in [1.29, 1.82) is 0 Å². The Labute approximate surface area is 95.2 Å². The molecular formula is C11H20BrNO. The van der Waals surface area contributed by atoms with E-state index in [0.29, 0.717) is 11.3 Å². The zero-order valence-electron chi connectivity index (χ0n) is 9.51. The van der Waals surface area contributed by atoms with E-state index in [9.17, 15) is 4.79 Å². The number of carbonyl (C=O) groups excluding carboxylic acids is 1. The van der Waals surface area contributed by atoms with Crippen LogP contribution in [0.5, 0.6) is 0 Å². The van der Waals surface area contributed by atoms with Crippen molar-refractivity contribution in [2.45, 2.75) is 38.9 Å².